The van der Waals surface area contributed by atoms with Gasteiger partial charge in [0, 0.05) is 24.3 Å². The molecule has 1 fully saturated rings. The number of aromatic amines is 1. The molecule has 100 valence electrons. The van der Waals surface area contributed by atoms with Crippen LogP contribution in [0.25, 0.3) is 10.9 Å². The van der Waals surface area contributed by atoms with Gasteiger partial charge in [-0.3, -0.25) is 4.79 Å². The van der Waals surface area contributed by atoms with Crippen LogP contribution in [0, 0.1) is 0 Å². The maximum Gasteiger partial charge on any atom is 0.340 e. The first-order valence-electron chi connectivity index (χ1n) is 6.51. The topological polar surface area (TPSA) is 64.1 Å². The summed E-state index contributed by atoms with van der Waals surface area (Å²) in [6, 6.07) is 1.80. The molecule has 1 aliphatic carbocycles. The van der Waals surface area contributed by atoms with Crippen molar-refractivity contribution in [3.63, 3.8) is 0 Å². The summed E-state index contributed by atoms with van der Waals surface area (Å²) in [6.45, 7) is 2.11. The lowest BCUT2D eigenvalue weighted by molar-refractivity contribution is 0.0527. The molecule has 19 heavy (non-hydrogen) atoms. The molecule has 0 bridgehead atoms. The van der Waals surface area contributed by atoms with Gasteiger partial charge in [-0.05, 0) is 31.7 Å². The van der Waals surface area contributed by atoms with Crippen molar-refractivity contribution in [2.75, 3.05) is 6.61 Å². The summed E-state index contributed by atoms with van der Waals surface area (Å²) < 4.78 is 6.62. The van der Waals surface area contributed by atoms with Gasteiger partial charge in [-0.25, -0.2) is 4.79 Å². The smallest absolute Gasteiger partial charge is 0.340 e. The first kappa shape index (κ1) is 12.0. The summed E-state index contributed by atoms with van der Waals surface area (Å²) in [6.07, 6.45) is 3.79. The van der Waals surface area contributed by atoms with E-state index < -0.39 is 0 Å². The zero-order valence-corrected chi connectivity index (χ0v) is 11.0. The summed E-state index contributed by atoms with van der Waals surface area (Å²) in [4.78, 5) is 27.4. The van der Waals surface area contributed by atoms with Gasteiger partial charge in [0.25, 0.3) is 5.56 Å². The van der Waals surface area contributed by atoms with Gasteiger partial charge in [0.1, 0.15) is 5.52 Å². The zero-order valence-electron chi connectivity index (χ0n) is 11.0. The van der Waals surface area contributed by atoms with Gasteiger partial charge in [-0.2, -0.15) is 0 Å². The van der Waals surface area contributed by atoms with Crippen LogP contribution in [0.3, 0.4) is 0 Å². The fourth-order valence-electron chi connectivity index (χ4n) is 2.40. The molecule has 2 aromatic heterocycles. The molecule has 0 aliphatic heterocycles. The highest BCUT2D eigenvalue weighted by Crippen LogP contribution is 2.42. The zero-order chi connectivity index (χ0) is 13.6. The van der Waals surface area contributed by atoms with E-state index >= 15 is 0 Å². The highest BCUT2D eigenvalue weighted by molar-refractivity contribution is 6.05. The van der Waals surface area contributed by atoms with Gasteiger partial charge in [-0.1, -0.05) is 0 Å². The highest BCUT2D eigenvalue weighted by Gasteiger charge is 2.32. The third kappa shape index (κ3) is 1.85. The predicted octanol–water partition coefficient (Wildman–Crippen LogP) is 1.92. The van der Waals surface area contributed by atoms with E-state index in [0.29, 0.717) is 29.0 Å². The van der Waals surface area contributed by atoms with Crippen LogP contribution in [0.5, 0.6) is 0 Å². The number of rotatable bonds is 3. The maximum atomic E-state index is 12.1. The number of carbonyl (C=O) groups is 1. The molecule has 0 spiro atoms. The third-order valence-electron chi connectivity index (χ3n) is 3.53. The number of aromatic nitrogens is 2. The minimum absolute atomic E-state index is 0.116. The SMILES string of the molecule is CCOC(=O)c1c(C2CC2)[nH]c2c(=O)n(C)ccc12. The van der Waals surface area contributed by atoms with Crippen LogP contribution in [0.4, 0.5) is 0 Å². The number of pyridine rings is 1. The molecular formula is C14H16N2O3. The number of nitrogens with one attached hydrogen (secondary N) is 1. The Labute approximate surface area is 110 Å². The largest absolute Gasteiger partial charge is 0.462 e. The number of carbonyl (C=O) groups excluding carboxylic acids is 1. The number of fused-ring (bicyclic) bond motifs is 1. The van der Waals surface area contributed by atoms with Crippen molar-refractivity contribution in [2.24, 2.45) is 7.05 Å². The van der Waals surface area contributed by atoms with E-state index in [0.717, 1.165) is 18.5 Å². The quantitative estimate of drug-likeness (QED) is 0.857. The molecule has 0 amide bonds. The average molecular weight is 260 g/mol. The molecule has 0 radical (unpaired) electrons. The summed E-state index contributed by atoms with van der Waals surface area (Å²) >= 11 is 0. The van der Waals surface area contributed by atoms with Gasteiger partial charge in [0.05, 0.1) is 12.2 Å². The summed E-state index contributed by atoms with van der Waals surface area (Å²) in [5.74, 6) is 0.0143. The minimum atomic E-state index is -0.344. The fourth-order valence-corrected chi connectivity index (χ4v) is 2.40. The first-order chi connectivity index (χ1) is 9.13. The summed E-state index contributed by atoms with van der Waals surface area (Å²) in [5, 5.41) is 0.670. The van der Waals surface area contributed by atoms with Crippen LogP contribution < -0.4 is 5.56 Å². The molecule has 2 aromatic rings. The Morgan fingerprint density at radius 1 is 1.53 bits per heavy atom. The molecule has 5 heteroatoms. The van der Waals surface area contributed by atoms with E-state index in [4.69, 9.17) is 4.74 Å². The van der Waals surface area contributed by atoms with Crippen LogP contribution in [0.1, 0.15) is 41.7 Å². The molecular weight excluding hydrogens is 244 g/mol. The van der Waals surface area contributed by atoms with Crippen molar-refractivity contribution >= 4 is 16.9 Å². The number of H-pyrrole nitrogens is 1. The van der Waals surface area contributed by atoms with E-state index in [1.165, 1.54) is 4.57 Å². The van der Waals surface area contributed by atoms with Crippen molar-refractivity contribution in [3.05, 3.63) is 33.9 Å². The van der Waals surface area contributed by atoms with Gasteiger partial charge >= 0.3 is 5.97 Å². The van der Waals surface area contributed by atoms with E-state index in [2.05, 4.69) is 4.98 Å². The molecule has 0 unspecified atom stereocenters. The second kappa shape index (κ2) is 4.26. The molecule has 1 aliphatic rings. The van der Waals surface area contributed by atoms with Crippen LogP contribution in [-0.2, 0) is 11.8 Å². The first-order valence-corrected chi connectivity index (χ1v) is 6.51. The third-order valence-corrected chi connectivity index (χ3v) is 3.53. The van der Waals surface area contributed by atoms with Crippen LogP contribution in [0.2, 0.25) is 0 Å². The van der Waals surface area contributed by atoms with Crippen molar-refractivity contribution in [2.45, 2.75) is 25.7 Å². The predicted molar refractivity (Wildman–Crippen MR) is 71.5 cm³/mol. The van der Waals surface area contributed by atoms with E-state index in [-0.39, 0.29) is 11.5 Å². The number of aryl methyl sites for hydroxylation is 1. The molecule has 1 saturated carbocycles. The Morgan fingerprint density at radius 3 is 2.89 bits per heavy atom. The number of hydrogen-bond donors (Lipinski definition) is 1. The van der Waals surface area contributed by atoms with E-state index in [1.807, 2.05) is 0 Å². The average Bonchev–Trinajstić information content (AvgIpc) is 3.15. The lowest BCUT2D eigenvalue weighted by atomic mass is 10.1. The van der Waals surface area contributed by atoms with Gasteiger partial charge in [0.15, 0.2) is 0 Å². The van der Waals surface area contributed by atoms with Crippen LogP contribution in [0.15, 0.2) is 17.1 Å². The van der Waals surface area contributed by atoms with Gasteiger partial charge in [0.2, 0.25) is 0 Å². The molecule has 5 nitrogen and oxygen atoms in total. The Kier molecular flexibility index (Phi) is 2.69. The molecule has 0 atom stereocenters. The van der Waals surface area contributed by atoms with E-state index in [9.17, 15) is 9.59 Å². The molecule has 1 N–H and O–H groups in total. The fraction of sp³-hybridized carbons (Fsp3) is 0.429. The summed E-state index contributed by atoms with van der Waals surface area (Å²) in [7, 11) is 1.70. The van der Waals surface area contributed by atoms with Gasteiger partial charge in [-0.15, -0.1) is 0 Å². The lowest BCUT2D eigenvalue weighted by Crippen LogP contribution is -2.15. The minimum Gasteiger partial charge on any atom is -0.462 e. The van der Waals surface area contributed by atoms with Crippen molar-refractivity contribution in [1.29, 1.82) is 0 Å². The highest BCUT2D eigenvalue weighted by atomic mass is 16.5. The number of nitrogens with zero attached hydrogens (tertiary/aromatic N) is 1. The second-order valence-corrected chi connectivity index (χ2v) is 4.93. The number of ether oxygens (including phenoxy) is 1. The molecule has 2 heterocycles. The monoisotopic (exact) mass is 260 g/mol. The van der Waals surface area contributed by atoms with E-state index in [1.54, 1.807) is 26.2 Å². The van der Waals surface area contributed by atoms with Crippen molar-refractivity contribution < 1.29 is 9.53 Å². The Morgan fingerprint density at radius 2 is 2.26 bits per heavy atom. The molecule has 0 saturated heterocycles. The Bertz CT molecular complexity index is 707. The normalized spacial score (nSPS) is 14.8. The summed E-state index contributed by atoms with van der Waals surface area (Å²) in [5.41, 5.74) is 1.78. The van der Waals surface area contributed by atoms with Crippen molar-refractivity contribution in [3.8, 4) is 0 Å². The standard InChI is InChI=1S/C14H16N2O3/c1-3-19-14(18)10-9-6-7-16(2)13(17)12(9)15-11(10)8-4-5-8/h6-8,15H,3-5H2,1-2H3. The second-order valence-electron chi connectivity index (χ2n) is 4.93. The Balaban J connectivity index is 2.27. The lowest BCUT2D eigenvalue weighted by Gasteiger charge is -2.03. The Hall–Kier alpha value is -2.04. The molecule has 3 rings (SSSR count). The maximum absolute atomic E-state index is 12.1. The van der Waals surface area contributed by atoms with Gasteiger partial charge < -0.3 is 14.3 Å². The van der Waals surface area contributed by atoms with Crippen molar-refractivity contribution in [1.82, 2.24) is 9.55 Å². The number of hydrogen-bond acceptors (Lipinski definition) is 3. The number of esters is 1. The van der Waals surface area contributed by atoms with Crippen LogP contribution in [-0.4, -0.2) is 22.1 Å². The molecule has 0 aromatic carbocycles. The van der Waals surface area contributed by atoms with Crippen LogP contribution >= 0.6 is 0 Å².